The first-order chi connectivity index (χ1) is 9.47. The number of rotatable bonds is 3. The molecule has 0 aliphatic carbocycles. The molecule has 0 spiro atoms. The molecule has 7 heteroatoms. The highest BCUT2D eigenvalue weighted by Crippen LogP contribution is 2.06. The van der Waals surface area contributed by atoms with Gasteiger partial charge in [-0.15, -0.1) is 0 Å². The molecule has 20 heavy (non-hydrogen) atoms. The third kappa shape index (κ3) is 3.24. The Bertz CT molecular complexity index is 573. The summed E-state index contributed by atoms with van der Waals surface area (Å²) in [6, 6.07) is 1.40. The Kier molecular flexibility index (Phi) is 4.19. The Hall–Kier alpha value is -2.15. The first kappa shape index (κ1) is 14.3. The topological polar surface area (TPSA) is 93.7 Å². The molecule has 1 aliphatic heterocycles. The van der Waals surface area contributed by atoms with E-state index in [1.807, 2.05) is 0 Å². The van der Waals surface area contributed by atoms with E-state index >= 15 is 0 Å². The fraction of sp³-hybridized carbons (Fsp3) is 0.462. The number of aryl methyl sites for hydroxylation is 1. The first-order valence-electron chi connectivity index (χ1n) is 6.40. The van der Waals surface area contributed by atoms with Gasteiger partial charge in [0, 0.05) is 44.1 Å². The highest BCUT2D eigenvalue weighted by atomic mass is 16.4. The maximum Gasteiger partial charge on any atom is 0.317 e. The average Bonchev–Trinajstić information content (AvgIpc) is 2.38. The van der Waals surface area contributed by atoms with E-state index in [0.29, 0.717) is 31.9 Å². The number of carbonyl (C=O) groups excluding carboxylic acids is 1. The predicted molar refractivity (Wildman–Crippen MR) is 71.8 cm³/mol. The first-order valence-corrected chi connectivity index (χ1v) is 6.40. The van der Waals surface area contributed by atoms with Crippen molar-refractivity contribution in [3.63, 3.8) is 0 Å². The molecule has 108 valence electrons. The second-order valence-corrected chi connectivity index (χ2v) is 4.86. The largest absolute Gasteiger partial charge is 0.480 e. The van der Waals surface area contributed by atoms with Gasteiger partial charge in [0.15, 0.2) is 5.43 Å². The number of nitrogens with one attached hydrogen (secondary N) is 1. The molecular formula is C13H17N3O4. The molecule has 0 unspecified atom stereocenters. The standard InChI is InChI=1S/C13H17N3O4/c1-9-6-11(17)10(7-14-9)13(20)16-4-2-15(3-5-16)8-12(18)19/h6-7H,2-5,8H2,1H3,(H,14,17)(H,18,19). The Morgan fingerprint density at radius 3 is 2.50 bits per heavy atom. The van der Waals surface area contributed by atoms with E-state index in [4.69, 9.17) is 5.11 Å². The number of amides is 1. The van der Waals surface area contributed by atoms with Crippen molar-refractivity contribution in [3.05, 3.63) is 33.7 Å². The second kappa shape index (κ2) is 5.87. The van der Waals surface area contributed by atoms with Gasteiger partial charge < -0.3 is 15.0 Å². The van der Waals surface area contributed by atoms with Crippen LogP contribution in [0.4, 0.5) is 0 Å². The SMILES string of the molecule is Cc1cc(=O)c(C(=O)N2CCN(CC(=O)O)CC2)c[nH]1. The molecule has 2 N–H and O–H groups in total. The van der Waals surface area contributed by atoms with Gasteiger partial charge in [-0.25, -0.2) is 0 Å². The van der Waals surface area contributed by atoms with Gasteiger partial charge in [-0.1, -0.05) is 0 Å². The minimum absolute atomic E-state index is 0.0207. The number of hydrogen-bond donors (Lipinski definition) is 2. The molecule has 1 saturated heterocycles. The van der Waals surface area contributed by atoms with Crippen LogP contribution in [0.1, 0.15) is 16.1 Å². The van der Waals surface area contributed by atoms with Gasteiger partial charge in [0.1, 0.15) is 5.56 Å². The molecule has 2 rings (SSSR count). The van der Waals surface area contributed by atoms with Crippen LogP contribution in [-0.2, 0) is 4.79 Å². The third-order valence-corrected chi connectivity index (χ3v) is 3.31. The smallest absolute Gasteiger partial charge is 0.317 e. The summed E-state index contributed by atoms with van der Waals surface area (Å²) < 4.78 is 0. The minimum atomic E-state index is -0.875. The molecular weight excluding hydrogens is 262 g/mol. The zero-order chi connectivity index (χ0) is 14.7. The molecule has 2 heterocycles. The molecule has 0 atom stereocenters. The van der Waals surface area contributed by atoms with Crippen LogP contribution < -0.4 is 5.43 Å². The van der Waals surface area contributed by atoms with Crippen molar-refractivity contribution in [2.45, 2.75) is 6.92 Å². The van der Waals surface area contributed by atoms with Crippen LogP contribution in [0.5, 0.6) is 0 Å². The second-order valence-electron chi connectivity index (χ2n) is 4.86. The Balaban J connectivity index is 2.01. The number of H-pyrrole nitrogens is 1. The van der Waals surface area contributed by atoms with Crippen LogP contribution in [0.2, 0.25) is 0 Å². The third-order valence-electron chi connectivity index (χ3n) is 3.31. The fourth-order valence-electron chi connectivity index (χ4n) is 2.21. The zero-order valence-corrected chi connectivity index (χ0v) is 11.3. The Labute approximate surface area is 115 Å². The minimum Gasteiger partial charge on any atom is -0.480 e. The Morgan fingerprint density at radius 1 is 1.30 bits per heavy atom. The summed E-state index contributed by atoms with van der Waals surface area (Å²) in [4.78, 5) is 40.8. The van der Waals surface area contributed by atoms with Crippen molar-refractivity contribution >= 4 is 11.9 Å². The van der Waals surface area contributed by atoms with E-state index in [1.165, 1.54) is 12.3 Å². The van der Waals surface area contributed by atoms with Crippen molar-refractivity contribution in [1.29, 1.82) is 0 Å². The van der Waals surface area contributed by atoms with Crippen LogP contribution in [0, 0.1) is 6.92 Å². The number of hydrogen-bond acceptors (Lipinski definition) is 4. The van der Waals surface area contributed by atoms with Crippen molar-refractivity contribution in [3.8, 4) is 0 Å². The lowest BCUT2D eigenvalue weighted by Gasteiger charge is -2.33. The van der Waals surface area contributed by atoms with E-state index in [0.717, 1.165) is 0 Å². The van der Waals surface area contributed by atoms with Crippen LogP contribution in [0.3, 0.4) is 0 Å². The molecule has 1 fully saturated rings. The molecule has 7 nitrogen and oxygen atoms in total. The predicted octanol–water partition coefficient (Wildman–Crippen LogP) is -0.474. The number of nitrogens with zero attached hydrogens (tertiary/aromatic N) is 2. The average molecular weight is 279 g/mol. The lowest BCUT2D eigenvalue weighted by molar-refractivity contribution is -0.138. The maximum atomic E-state index is 12.2. The van der Waals surface area contributed by atoms with E-state index < -0.39 is 5.97 Å². The molecule has 1 amide bonds. The van der Waals surface area contributed by atoms with E-state index in [9.17, 15) is 14.4 Å². The highest BCUT2D eigenvalue weighted by Gasteiger charge is 2.24. The fourth-order valence-corrected chi connectivity index (χ4v) is 2.21. The number of aliphatic carboxylic acids is 1. The summed E-state index contributed by atoms with van der Waals surface area (Å²) >= 11 is 0. The molecule has 0 aromatic carbocycles. The number of piperazine rings is 1. The lowest BCUT2D eigenvalue weighted by Crippen LogP contribution is -2.50. The maximum absolute atomic E-state index is 12.2. The summed E-state index contributed by atoms with van der Waals surface area (Å²) in [7, 11) is 0. The molecule has 1 aliphatic rings. The van der Waals surface area contributed by atoms with E-state index in [1.54, 1.807) is 16.7 Å². The lowest BCUT2D eigenvalue weighted by atomic mass is 10.2. The van der Waals surface area contributed by atoms with Crippen molar-refractivity contribution in [1.82, 2.24) is 14.8 Å². The number of carboxylic acid groups (broad SMARTS) is 1. The number of aromatic nitrogens is 1. The van der Waals surface area contributed by atoms with E-state index in [-0.39, 0.29) is 23.4 Å². The number of pyridine rings is 1. The molecule has 0 bridgehead atoms. The Morgan fingerprint density at radius 2 is 1.95 bits per heavy atom. The quantitative estimate of drug-likeness (QED) is 0.780. The van der Waals surface area contributed by atoms with Gasteiger partial charge >= 0.3 is 5.97 Å². The summed E-state index contributed by atoms with van der Waals surface area (Å²) in [6.45, 7) is 3.59. The summed E-state index contributed by atoms with van der Waals surface area (Å²) in [5, 5.41) is 8.71. The number of aromatic amines is 1. The van der Waals surface area contributed by atoms with E-state index in [2.05, 4.69) is 4.98 Å². The van der Waals surface area contributed by atoms with Gasteiger partial charge in [0.25, 0.3) is 5.91 Å². The zero-order valence-electron chi connectivity index (χ0n) is 11.3. The van der Waals surface area contributed by atoms with Crippen LogP contribution in [0.25, 0.3) is 0 Å². The van der Waals surface area contributed by atoms with Gasteiger partial charge in [0.2, 0.25) is 0 Å². The van der Waals surface area contributed by atoms with Crippen LogP contribution >= 0.6 is 0 Å². The van der Waals surface area contributed by atoms with Crippen molar-refractivity contribution in [2.24, 2.45) is 0 Å². The van der Waals surface area contributed by atoms with Gasteiger partial charge in [0.05, 0.1) is 6.54 Å². The number of carboxylic acids is 1. The van der Waals surface area contributed by atoms with Crippen molar-refractivity contribution in [2.75, 3.05) is 32.7 Å². The summed E-state index contributed by atoms with van der Waals surface area (Å²) in [5.41, 5.74) is 0.541. The van der Waals surface area contributed by atoms with Gasteiger partial charge in [-0.2, -0.15) is 0 Å². The monoisotopic (exact) mass is 279 g/mol. The number of carbonyl (C=O) groups is 2. The molecule has 0 saturated carbocycles. The molecule has 1 aromatic rings. The molecule has 1 aromatic heterocycles. The summed E-state index contributed by atoms with van der Waals surface area (Å²) in [6.07, 6.45) is 1.43. The van der Waals surface area contributed by atoms with Gasteiger partial charge in [-0.3, -0.25) is 19.3 Å². The van der Waals surface area contributed by atoms with Gasteiger partial charge in [-0.05, 0) is 6.92 Å². The highest BCUT2D eigenvalue weighted by molar-refractivity contribution is 5.93. The van der Waals surface area contributed by atoms with Crippen molar-refractivity contribution < 1.29 is 14.7 Å². The molecule has 0 radical (unpaired) electrons. The van der Waals surface area contributed by atoms with Crippen LogP contribution in [-0.4, -0.2) is 64.5 Å². The summed E-state index contributed by atoms with van der Waals surface area (Å²) in [5.74, 6) is -1.18. The van der Waals surface area contributed by atoms with Crippen LogP contribution in [0.15, 0.2) is 17.1 Å². The normalized spacial score (nSPS) is 16.1.